The number of nitrogen functional groups attached to an aromatic ring is 1. The molecule has 0 spiro atoms. The van der Waals surface area contributed by atoms with Crippen molar-refractivity contribution in [2.24, 2.45) is 0 Å². The molecule has 0 fully saturated rings. The highest BCUT2D eigenvalue weighted by Gasteiger charge is 2.14. The average Bonchev–Trinajstić information content (AvgIpc) is 2.75. The number of methoxy groups -OCH3 is 1. The lowest BCUT2D eigenvalue weighted by Gasteiger charge is -2.09. The second-order valence-electron chi connectivity index (χ2n) is 4.18. The van der Waals surface area contributed by atoms with E-state index in [1.807, 2.05) is 19.9 Å². The second kappa shape index (κ2) is 4.52. The van der Waals surface area contributed by atoms with Gasteiger partial charge in [-0.2, -0.15) is 5.10 Å². The average molecular weight is 245 g/mol. The molecule has 0 saturated heterocycles. The number of carbonyl (C=O) groups is 1. The number of aromatic nitrogens is 2. The molecule has 0 aliphatic heterocycles. The van der Waals surface area contributed by atoms with Crippen LogP contribution in [0.2, 0.25) is 0 Å². The zero-order valence-electron chi connectivity index (χ0n) is 10.6. The number of carbonyl (C=O) groups excluding carboxylic acids is 1. The first-order chi connectivity index (χ1) is 8.52. The molecule has 5 heteroatoms. The molecule has 0 unspecified atom stereocenters. The van der Waals surface area contributed by atoms with E-state index in [-0.39, 0.29) is 5.97 Å². The van der Waals surface area contributed by atoms with Crippen LogP contribution in [0.3, 0.4) is 0 Å². The van der Waals surface area contributed by atoms with Gasteiger partial charge in [-0.15, -0.1) is 0 Å². The highest BCUT2D eigenvalue weighted by atomic mass is 16.5. The van der Waals surface area contributed by atoms with Crippen molar-refractivity contribution in [2.75, 3.05) is 12.8 Å². The molecule has 1 aromatic carbocycles. The quantitative estimate of drug-likeness (QED) is 0.793. The van der Waals surface area contributed by atoms with E-state index in [4.69, 9.17) is 10.5 Å². The summed E-state index contributed by atoms with van der Waals surface area (Å²) < 4.78 is 4.76. The number of hydrogen-bond acceptors (Lipinski definition) is 4. The number of hydrogen-bond donors (Lipinski definition) is 2. The number of ether oxygens (including phenoxy) is 1. The molecule has 0 bridgehead atoms. The van der Waals surface area contributed by atoms with Gasteiger partial charge in [-0.3, -0.25) is 5.10 Å². The van der Waals surface area contributed by atoms with Crippen LogP contribution in [0.4, 0.5) is 5.82 Å². The van der Waals surface area contributed by atoms with E-state index in [1.165, 1.54) is 7.11 Å². The summed E-state index contributed by atoms with van der Waals surface area (Å²) in [7, 11) is 1.37. The molecule has 3 N–H and O–H groups in total. The molecule has 0 atom stereocenters. The monoisotopic (exact) mass is 245 g/mol. The summed E-state index contributed by atoms with van der Waals surface area (Å²) in [5.41, 5.74) is 9.74. The molecule has 0 aliphatic rings. The highest BCUT2D eigenvalue weighted by molar-refractivity contribution is 5.93. The van der Waals surface area contributed by atoms with Crippen molar-refractivity contribution in [1.82, 2.24) is 10.2 Å². The lowest BCUT2D eigenvalue weighted by Crippen LogP contribution is -2.05. The Morgan fingerprint density at radius 3 is 2.56 bits per heavy atom. The number of benzene rings is 1. The van der Waals surface area contributed by atoms with Crippen molar-refractivity contribution in [2.45, 2.75) is 13.8 Å². The minimum absolute atomic E-state index is 0.346. The first-order valence-corrected chi connectivity index (χ1v) is 5.53. The normalized spacial score (nSPS) is 10.4. The van der Waals surface area contributed by atoms with E-state index < -0.39 is 0 Å². The first kappa shape index (κ1) is 12.2. The van der Waals surface area contributed by atoms with E-state index in [1.54, 1.807) is 12.1 Å². The Morgan fingerprint density at radius 1 is 1.28 bits per heavy atom. The third-order valence-electron chi connectivity index (χ3n) is 2.86. The molecule has 2 aromatic rings. The Balaban J connectivity index is 2.58. The van der Waals surface area contributed by atoms with Crippen LogP contribution in [-0.4, -0.2) is 23.3 Å². The van der Waals surface area contributed by atoms with Crippen LogP contribution in [0.5, 0.6) is 0 Å². The lowest BCUT2D eigenvalue weighted by molar-refractivity contribution is 0.0600. The summed E-state index contributed by atoms with van der Waals surface area (Å²) >= 11 is 0. The van der Waals surface area contributed by atoms with Gasteiger partial charge in [0.25, 0.3) is 0 Å². The van der Waals surface area contributed by atoms with Gasteiger partial charge < -0.3 is 10.5 Å². The van der Waals surface area contributed by atoms with Gasteiger partial charge in [0.15, 0.2) is 0 Å². The third-order valence-corrected chi connectivity index (χ3v) is 2.86. The molecular formula is C13H15N3O2. The van der Waals surface area contributed by atoms with Gasteiger partial charge in [0, 0.05) is 11.6 Å². The number of aromatic amines is 1. The number of nitrogens with one attached hydrogen (secondary N) is 1. The van der Waals surface area contributed by atoms with Gasteiger partial charge in [0.2, 0.25) is 0 Å². The van der Waals surface area contributed by atoms with Gasteiger partial charge in [-0.25, -0.2) is 4.79 Å². The molecule has 0 radical (unpaired) electrons. The summed E-state index contributed by atoms with van der Waals surface area (Å²) in [6.07, 6.45) is 0. The SMILES string of the molecule is COC(=O)c1cc(-c2cc(N)n[nH]2)c(C)cc1C. The van der Waals surface area contributed by atoms with Crippen LogP contribution in [0.15, 0.2) is 18.2 Å². The number of nitrogens with two attached hydrogens (primary N) is 1. The number of nitrogens with zero attached hydrogens (tertiary/aromatic N) is 1. The van der Waals surface area contributed by atoms with Crippen molar-refractivity contribution in [3.63, 3.8) is 0 Å². The van der Waals surface area contributed by atoms with Crippen LogP contribution in [-0.2, 0) is 4.74 Å². The fourth-order valence-electron chi connectivity index (χ4n) is 1.95. The molecule has 18 heavy (non-hydrogen) atoms. The van der Waals surface area contributed by atoms with E-state index >= 15 is 0 Å². The molecule has 0 saturated carbocycles. The molecule has 1 aromatic heterocycles. The van der Waals surface area contributed by atoms with Gasteiger partial charge in [-0.1, -0.05) is 6.07 Å². The Labute approximate surface area is 105 Å². The fourth-order valence-corrected chi connectivity index (χ4v) is 1.95. The largest absolute Gasteiger partial charge is 0.465 e. The summed E-state index contributed by atoms with van der Waals surface area (Å²) in [4.78, 5) is 11.7. The van der Waals surface area contributed by atoms with Crippen molar-refractivity contribution in [3.8, 4) is 11.3 Å². The minimum atomic E-state index is -0.346. The van der Waals surface area contributed by atoms with E-state index in [2.05, 4.69) is 10.2 Å². The lowest BCUT2D eigenvalue weighted by atomic mass is 9.98. The number of rotatable bonds is 2. The molecule has 94 valence electrons. The van der Waals surface area contributed by atoms with Crippen molar-refractivity contribution >= 4 is 11.8 Å². The Morgan fingerprint density at radius 2 is 2.00 bits per heavy atom. The predicted molar refractivity (Wildman–Crippen MR) is 69.2 cm³/mol. The molecular weight excluding hydrogens is 230 g/mol. The highest BCUT2D eigenvalue weighted by Crippen LogP contribution is 2.26. The molecule has 0 amide bonds. The fraction of sp³-hybridized carbons (Fsp3) is 0.231. The second-order valence-corrected chi connectivity index (χ2v) is 4.18. The molecule has 0 aliphatic carbocycles. The molecule has 5 nitrogen and oxygen atoms in total. The number of anilines is 1. The molecule has 2 rings (SSSR count). The Bertz CT molecular complexity index is 602. The maximum Gasteiger partial charge on any atom is 0.338 e. The van der Waals surface area contributed by atoms with Crippen molar-refractivity contribution in [1.29, 1.82) is 0 Å². The van der Waals surface area contributed by atoms with Crippen molar-refractivity contribution in [3.05, 3.63) is 34.9 Å². The Hall–Kier alpha value is -2.30. The smallest absolute Gasteiger partial charge is 0.338 e. The van der Waals surface area contributed by atoms with Crippen LogP contribution in [0.25, 0.3) is 11.3 Å². The first-order valence-electron chi connectivity index (χ1n) is 5.53. The van der Waals surface area contributed by atoms with E-state index in [0.717, 1.165) is 22.4 Å². The van der Waals surface area contributed by atoms with E-state index in [9.17, 15) is 4.79 Å². The van der Waals surface area contributed by atoms with Crippen LogP contribution in [0, 0.1) is 13.8 Å². The zero-order valence-corrected chi connectivity index (χ0v) is 10.6. The standard InChI is InChI=1S/C13H15N3O2/c1-7-4-8(2)10(13(17)18-3)5-9(7)11-6-12(14)16-15-11/h4-6H,1-3H3,(H3,14,15,16). The summed E-state index contributed by atoms with van der Waals surface area (Å²) in [5, 5.41) is 6.73. The van der Waals surface area contributed by atoms with Crippen molar-refractivity contribution < 1.29 is 9.53 Å². The molecule has 1 heterocycles. The number of H-pyrrole nitrogens is 1. The van der Waals surface area contributed by atoms with Crippen LogP contribution >= 0.6 is 0 Å². The minimum Gasteiger partial charge on any atom is -0.465 e. The van der Waals surface area contributed by atoms with Crippen LogP contribution in [0.1, 0.15) is 21.5 Å². The maximum absolute atomic E-state index is 11.7. The van der Waals surface area contributed by atoms with Gasteiger partial charge in [-0.05, 0) is 31.0 Å². The van der Waals surface area contributed by atoms with Crippen LogP contribution < -0.4 is 5.73 Å². The maximum atomic E-state index is 11.7. The topological polar surface area (TPSA) is 81.0 Å². The Kier molecular flexibility index (Phi) is 3.06. The summed E-state index contributed by atoms with van der Waals surface area (Å²) in [6.45, 7) is 3.85. The van der Waals surface area contributed by atoms with E-state index in [0.29, 0.717) is 11.4 Å². The third kappa shape index (κ3) is 2.07. The van der Waals surface area contributed by atoms with Gasteiger partial charge in [0.1, 0.15) is 5.82 Å². The van der Waals surface area contributed by atoms with Gasteiger partial charge in [0.05, 0.1) is 18.4 Å². The zero-order chi connectivity index (χ0) is 13.3. The summed E-state index contributed by atoms with van der Waals surface area (Å²) in [5.74, 6) is 0.0748. The number of aryl methyl sites for hydroxylation is 2. The summed E-state index contributed by atoms with van der Waals surface area (Å²) in [6, 6.07) is 5.47. The predicted octanol–water partition coefficient (Wildman–Crippen LogP) is 2.06. The number of esters is 1. The van der Waals surface area contributed by atoms with Gasteiger partial charge >= 0.3 is 5.97 Å².